The van der Waals surface area contributed by atoms with E-state index in [1.807, 2.05) is 0 Å². The summed E-state index contributed by atoms with van der Waals surface area (Å²) in [6, 6.07) is 0. The molecule has 132 valence electrons. The standard InChI is InChI=1S/C16H27Cl5O/c1-2-3-4-5-6-7-8-9-10-11-12-13-15(18,19)16(20,21)14(17)22/h2-13H2,1H3. The molecule has 0 spiro atoms. The van der Waals surface area contributed by atoms with Gasteiger partial charge in [-0.1, -0.05) is 124 Å². The molecule has 0 unspecified atom stereocenters. The third kappa shape index (κ3) is 9.42. The lowest BCUT2D eigenvalue weighted by atomic mass is 10.0. The summed E-state index contributed by atoms with van der Waals surface area (Å²) in [4.78, 5) is 11.1. The average Bonchev–Trinajstić information content (AvgIpc) is 2.44. The van der Waals surface area contributed by atoms with Gasteiger partial charge in [-0.3, -0.25) is 4.79 Å². The highest BCUT2D eigenvalue weighted by molar-refractivity contribution is 6.82. The Morgan fingerprint density at radius 3 is 1.45 bits per heavy atom. The van der Waals surface area contributed by atoms with Gasteiger partial charge in [-0.05, 0) is 18.0 Å². The first-order chi connectivity index (χ1) is 10.3. The van der Waals surface area contributed by atoms with Gasteiger partial charge in [0, 0.05) is 0 Å². The van der Waals surface area contributed by atoms with Gasteiger partial charge in [0.05, 0.1) is 0 Å². The van der Waals surface area contributed by atoms with Gasteiger partial charge in [0.2, 0.25) is 4.33 Å². The molecule has 0 amide bonds. The Morgan fingerprint density at radius 1 is 0.727 bits per heavy atom. The van der Waals surface area contributed by atoms with E-state index in [0.717, 1.165) is 19.3 Å². The Balaban J connectivity index is 3.59. The van der Waals surface area contributed by atoms with Crippen LogP contribution in [0.5, 0.6) is 0 Å². The van der Waals surface area contributed by atoms with E-state index in [1.54, 1.807) is 0 Å². The minimum absolute atomic E-state index is 0.346. The molecule has 1 nitrogen and oxygen atoms in total. The van der Waals surface area contributed by atoms with Gasteiger partial charge in [-0.25, -0.2) is 0 Å². The fraction of sp³-hybridized carbons (Fsp3) is 0.938. The maximum absolute atomic E-state index is 11.1. The number of halogens is 5. The Morgan fingerprint density at radius 2 is 1.09 bits per heavy atom. The predicted molar refractivity (Wildman–Crippen MR) is 101 cm³/mol. The first kappa shape index (κ1) is 23.1. The molecule has 0 aromatic heterocycles. The number of carbonyl (C=O) groups excluding carboxylic acids is 1. The molecule has 0 aliphatic rings. The van der Waals surface area contributed by atoms with Crippen LogP contribution >= 0.6 is 58.0 Å². The summed E-state index contributed by atoms with van der Waals surface area (Å²) in [6.45, 7) is 2.23. The topological polar surface area (TPSA) is 17.1 Å². The smallest absolute Gasteiger partial charge is 0.260 e. The number of alkyl halides is 4. The molecule has 0 N–H and O–H groups in total. The summed E-state index contributed by atoms with van der Waals surface area (Å²) in [6.07, 6.45) is 13.8. The average molecular weight is 413 g/mol. The zero-order chi connectivity index (χ0) is 17.1. The maximum atomic E-state index is 11.1. The number of carbonyl (C=O) groups is 1. The first-order valence-electron chi connectivity index (χ1n) is 8.21. The van der Waals surface area contributed by atoms with Crippen LogP contribution in [0.15, 0.2) is 0 Å². The third-order valence-electron chi connectivity index (χ3n) is 3.80. The van der Waals surface area contributed by atoms with E-state index in [1.165, 1.54) is 51.4 Å². The predicted octanol–water partition coefficient (Wildman–Crippen LogP) is 7.80. The highest BCUT2D eigenvalue weighted by Crippen LogP contribution is 2.47. The van der Waals surface area contributed by atoms with Crippen molar-refractivity contribution in [3.8, 4) is 0 Å². The Kier molecular flexibility index (Phi) is 13.1. The fourth-order valence-corrected chi connectivity index (χ4v) is 3.20. The zero-order valence-corrected chi connectivity index (χ0v) is 17.1. The van der Waals surface area contributed by atoms with Crippen molar-refractivity contribution in [3.05, 3.63) is 0 Å². The van der Waals surface area contributed by atoms with Gasteiger partial charge in [0.15, 0.2) is 4.33 Å². The fourth-order valence-electron chi connectivity index (χ4n) is 2.31. The van der Waals surface area contributed by atoms with Crippen molar-refractivity contribution >= 4 is 63.2 Å². The van der Waals surface area contributed by atoms with E-state index < -0.39 is 13.9 Å². The van der Waals surface area contributed by atoms with E-state index in [9.17, 15) is 4.79 Å². The van der Waals surface area contributed by atoms with Crippen LogP contribution < -0.4 is 0 Å². The minimum atomic E-state index is -1.96. The van der Waals surface area contributed by atoms with Crippen LogP contribution in [0.4, 0.5) is 0 Å². The monoisotopic (exact) mass is 410 g/mol. The maximum Gasteiger partial charge on any atom is 0.260 e. The van der Waals surface area contributed by atoms with Crippen molar-refractivity contribution in [1.82, 2.24) is 0 Å². The molecule has 0 aliphatic heterocycles. The van der Waals surface area contributed by atoms with Crippen LogP contribution in [0.2, 0.25) is 0 Å². The van der Waals surface area contributed by atoms with Crippen LogP contribution in [0, 0.1) is 0 Å². The molecule has 0 aliphatic carbocycles. The number of unbranched alkanes of at least 4 members (excludes halogenated alkanes) is 10. The van der Waals surface area contributed by atoms with Crippen molar-refractivity contribution in [2.45, 2.75) is 92.6 Å². The normalized spacial score (nSPS) is 12.6. The first-order valence-corrected chi connectivity index (χ1v) is 10.1. The molecular weight excluding hydrogens is 385 g/mol. The van der Waals surface area contributed by atoms with E-state index in [2.05, 4.69) is 6.92 Å². The second-order valence-corrected chi connectivity index (χ2v) is 8.99. The molecule has 0 atom stereocenters. The molecule has 0 radical (unpaired) electrons. The van der Waals surface area contributed by atoms with Gasteiger partial charge >= 0.3 is 0 Å². The van der Waals surface area contributed by atoms with Crippen molar-refractivity contribution in [2.75, 3.05) is 0 Å². The van der Waals surface area contributed by atoms with Gasteiger partial charge in [-0.15, -0.1) is 0 Å². The Labute approximate surface area is 160 Å². The largest absolute Gasteiger partial charge is 0.278 e. The van der Waals surface area contributed by atoms with Crippen LogP contribution in [0.25, 0.3) is 0 Å². The molecule has 0 heterocycles. The number of hydrogen-bond donors (Lipinski definition) is 0. The van der Waals surface area contributed by atoms with Crippen LogP contribution in [0.3, 0.4) is 0 Å². The quantitative estimate of drug-likeness (QED) is 0.162. The number of hydrogen-bond acceptors (Lipinski definition) is 1. The van der Waals surface area contributed by atoms with Crippen LogP contribution in [-0.2, 0) is 4.79 Å². The van der Waals surface area contributed by atoms with Crippen molar-refractivity contribution in [3.63, 3.8) is 0 Å². The highest BCUT2D eigenvalue weighted by atomic mass is 35.5. The van der Waals surface area contributed by atoms with Gasteiger partial charge in [0.1, 0.15) is 0 Å². The Bertz CT molecular complexity index is 305. The van der Waals surface area contributed by atoms with E-state index in [4.69, 9.17) is 58.0 Å². The summed E-state index contributed by atoms with van der Waals surface area (Å²) in [7, 11) is 0. The van der Waals surface area contributed by atoms with Gasteiger partial charge in [0.25, 0.3) is 5.24 Å². The molecule has 0 bridgehead atoms. The van der Waals surface area contributed by atoms with E-state index in [-0.39, 0.29) is 0 Å². The van der Waals surface area contributed by atoms with Crippen molar-refractivity contribution < 1.29 is 4.79 Å². The molecule has 0 rings (SSSR count). The molecule has 0 saturated carbocycles. The molecule has 6 heteroatoms. The molecule has 0 aromatic rings. The van der Waals surface area contributed by atoms with Crippen molar-refractivity contribution in [1.29, 1.82) is 0 Å². The molecule has 0 saturated heterocycles. The van der Waals surface area contributed by atoms with Crippen LogP contribution in [-0.4, -0.2) is 13.9 Å². The van der Waals surface area contributed by atoms with E-state index >= 15 is 0 Å². The van der Waals surface area contributed by atoms with Crippen LogP contribution in [0.1, 0.15) is 84.0 Å². The summed E-state index contributed by atoms with van der Waals surface area (Å²) in [5, 5.41) is -0.941. The molecule has 0 fully saturated rings. The lowest BCUT2D eigenvalue weighted by Crippen LogP contribution is -2.41. The highest BCUT2D eigenvalue weighted by Gasteiger charge is 2.51. The van der Waals surface area contributed by atoms with E-state index in [0.29, 0.717) is 6.42 Å². The number of rotatable bonds is 14. The summed E-state index contributed by atoms with van der Waals surface area (Å²) >= 11 is 29.0. The zero-order valence-electron chi connectivity index (χ0n) is 13.3. The summed E-state index contributed by atoms with van der Waals surface area (Å²) in [5.41, 5.74) is 0. The van der Waals surface area contributed by atoms with Gasteiger partial charge < -0.3 is 0 Å². The minimum Gasteiger partial charge on any atom is -0.278 e. The van der Waals surface area contributed by atoms with Crippen molar-refractivity contribution in [2.24, 2.45) is 0 Å². The molecular formula is C16H27Cl5O. The van der Waals surface area contributed by atoms with Gasteiger partial charge in [-0.2, -0.15) is 0 Å². The third-order valence-corrected chi connectivity index (χ3v) is 6.60. The summed E-state index contributed by atoms with van der Waals surface area (Å²) in [5.74, 6) is 0. The second-order valence-electron chi connectivity index (χ2n) is 5.84. The summed E-state index contributed by atoms with van der Waals surface area (Å²) < 4.78 is -3.51. The second kappa shape index (κ2) is 12.5. The lowest BCUT2D eigenvalue weighted by molar-refractivity contribution is -0.112. The molecule has 22 heavy (non-hydrogen) atoms. The lowest BCUT2D eigenvalue weighted by Gasteiger charge is -2.29. The SMILES string of the molecule is CCCCCCCCCCCCCC(Cl)(Cl)C(Cl)(Cl)C(=O)Cl. The Hall–Kier alpha value is 1.12. The molecule has 0 aromatic carbocycles.